The number of carbonyl (C=O) groups is 1. The van der Waals surface area contributed by atoms with E-state index in [-0.39, 0.29) is 11.7 Å². The third kappa shape index (κ3) is 5.05. The van der Waals surface area contributed by atoms with Crippen molar-refractivity contribution in [1.29, 1.82) is 0 Å². The number of halogens is 1. The molecule has 2 aromatic rings. The Bertz CT molecular complexity index is 667. The first-order valence-electron chi connectivity index (χ1n) is 8.86. The zero-order chi connectivity index (χ0) is 17.5. The minimum atomic E-state index is -0.306. The second kappa shape index (κ2) is 8.65. The van der Waals surface area contributed by atoms with Crippen LogP contribution in [0.25, 0.3) is 0 Å². The third-order valence-corrected chi connectivity index (χ3v) is 4.90. The van der Waals surface area contributed by atoms with E-state index in [0.717, 1.165) is 32.1 Å². The van der Waals surface area contributed by atoms with Crippen molar-refractivity contribution < 1.29 is 13.9 Å². The topological polar surface area (TPSA) is 67.0 Å². The number of benzene rings is 1. The number of nitrogens with one attached hydrogen (secondary N) is 2. The van der Waals surface area contributed by atoms with Crippen LogP contribution in [0.3, 0.4) is 0 Å². The lowest BCUT2D eigenvalue weighted by Gasteiger charge is -2.28. The van der Waals surface area contributed by atoms with Gasteiger partial charge in [0.05, 0.1) is 18.4 Å². The Kier molecular flexibility index (Phi) is 6.04. The SMILES string of the molecule is O=C(NCC1CCC(CCOc2ccccc2F)CC1)c1cn[nH]c1. The van der Waals surface area contributed by atoms with Crippen molar-refractivity contribution in [2.45, 2.75) is 32.1 Å². The van der Waals surface area contributed by atoms with Gasteiger partial charge < -0.3 is 10.1 Å². The molecule has 1 aliphatic carbocycles. The van der Waals surface area contributed by atoms with E-state index in [0.29, 0.717) is 36.3 Å². The molecule has 2 N–H and O–H groups in total. The molecule has 1 fully saturated rings. The van der Waals surface area contributed by atoms with Crippen LogP contribution < -0.4 is 10.1 Å². The monoisotopic (exact) mass is 345 g/mol. The Morgan fingerprint density at radius 2 is 2.00 bits per heavy atom. The molecule has 0 saturated heterocycles. The summed E-state index contributed by atoms with van der Waals surface area (Å²) < 4.78 is 19.0. The van der Waals surface area contributed by atoms with Crippen LogP contribution in [0.5, 0.6) is 5.75 Å². The maximum atomic E-state index is 13.5. The van der Waals surface area contributed by atoms with Crippen molar-refractivity contribution in [1.82, 2.24) is 15.5 Å². The summed E-state index contributed by atoms with van der Waals surface area (Å²) in [5, 5.41) is 9.40. The molecule has 1 aromatic carbocycles. The molecular weight excluding hydrogens is 321 g/mol. The lowest BCUT2D eigenvalue weighted by molar-refractivity contribution is 0.0940. The van der Waals surface area contributed by atoms with Crippen LogP contribution in [0.1, 0.15) is 42.5 Å². The molecule has 0 spiro atoms. The zero-order valence-corrected chi connectivity index (χ0v) is 14.2. The number of hydrogen-bond donors (Lipinski definition) is 2. The van der Waals surface area contributed by atoms with Crippen molar-refractivity contribution in [2.75, 3.05) is 13.2 Å². The second-order valence-electron chi connectivity index (χ2n) is 6.65. The van der Waals surface area contributed by atoms with Gasteiger partial charge in [0.1, 0.15) is 0 Å². The van der Waals surface area contributed by atoms with E-state index in [1.165, 1.54) is 12.3 Å². The Balaban J connectivity index is 1.32. The Hall–Kier alpha value is -2.37. The molecule has 0 bridgehead atoms. The van der Waals surface area contributed by atoms with Crippen molar-refractivity contribution in [3.8, 4) is 5.75 Å². The lowest BCUT2D eigenvalue weighted by atomic mass is 9.80. The smallest absolute Gasteiger partial charge is 0.254 e. The summed E-state index contributed by atoms with van der Waals surface area (Å²) in [6.45, 7) is 1.26. The number of hydrogen-bond acceptors (Lipinski definition) is 3. The first kappa shape index (κ1) is 17.5. The molecule has 1 heterocycles. The number of aromatic amines is 1. The van der Waals surface area contributed by atoms with E-state index in [1.807, 2.05) is 0 Å². The molecule has 0 atom stereocenters. The number of ether oxygens (including phenoxy) is 1. The van der Waals surface area contributed by atoms with E-state index < -0.39 is 0 Å². The third-order valence-electron chi connectivity index (χ3n) is 4.90. The normalized spacial score (nSPS) is 20.2. The van der Waals surface area contributed by atoms with Gasteiger partial charge >= 0.3 is 0 Å². The van der Waals surface area contributed by atoms with E-state index in [9.17, 15) is 9.18 Å². The average Bonchev–Trinajstić information content (AvgIpc) is 3.17. The number of rotatable bonds is 7. The number of aromatic nitrogens is 2. The zero-order valence-electron chi connectivity index (χ0n) is 14.2. The predicted molar refractivity (Wildman–Crippen MR) is 92.9 cm³/mol. The highest BCUT2D eigenvalue weighted by molar-refractivity contribution is 5.93. The minimum Gasteiger partial charge on any atom is -0.491 e. The summed E-state index contributed by atoms with van der Waals surface area (Å²) in [4.78, 5) is 11.9. The fourth-order valence-corrected chi connectivity index (χ4v) is 3.34. The van der Waals surface area contributed by atoms with Crippen molar-refractivity contribution in [3.05, 3.63) is 48.0 Å². The van der Waals surface area contributed by atoms with Gasteiger partial charge in [-0.1, -0.05) is 12.1 Å². The minimum absolute atomic E-state index is 0.0749. The van der Waals surface area contributed by atoms with Crippen LogP contribution in [-0.4, -0.2) is 29.3 Å². The van der Waals surface area contributed by atoms with Gasteiger partial charge in [-0.05, 0) is 56.1 Å². The van der Waals surface area contributed by atoms with Crippen LogP contribution in [0, 0.1) is 17.7 Å². The molecule has 25 heavy (non-hydrogen) atoms. The molecule has 0 unspecified atom stereocenters. The van der Waals surface area contributed by atoms with Gasteiger partial charge in [-0.2, -0.15) is 5.10 Å². The molecular formula is C19H24FN3O2. The summed E-state index contributed by atoms with van der Waals surface area (Å²) in [5.74, 6) is 1.10. The maximum Gasteiger partial charge on any atom is 0.254 e. The fraction of sp³-hybridized carbons (Fsp3) is 0.474. The molecule has 6 heteroatoms. The molecule has 1 saturated carbocycles. The molecule has 3 rings (SSSR count). The summed E-state index contributed by atoms with van der Waals surface area (Å²) in [5.41, 5.74) is 0.568. The molecule has 5 nitrogen and oxygen atoms in total. The highest BCUT2D eigenvalue weighted by Gasteiger charge is 2.22. The maximum absolute atomic E-state index is 13.5. The molecule has 1 amide bonds. The van der Waals surface area contributed by atoms with Crippen LogP contribution in [0.2, 0.25) is 0 Å². The lowest BCUT2D eigenvalue weighted by Crippen LogP contribution is -2.31. The molecule has 134 valence electrons. The van der Waals surface area contributed by atoms with Gasteiger partial charge in [0.15, 0.2) is 11.6 Å². The molecule has 0 aliphatic heterocycles. The first-order valence-corrected chi connectivity index (χ1v) is 8.86. The molecule has 1 aliphatic rings. The Labute approximate surface area is 147 Å². The van der Waals surface area contributed by atoms with E-state index in [4.69, 9.17) is 4.74 Å². The largest absolute Gasteiger partial charge is 0.491 e. The quantitative estimate of drug-likeness (QED) is 0.806. The van der Waals surface area contributed by atoms with E-state index in [2.05, 4.69) is 15.5 Å². The van der Waals surface area contributed by atoms with E-state index in [1.54, 1.807) is 24.4 Å². The first-order chi connectivity index (χ1) is 12.2. The van der Waals surface area contributed by atoms with Gasteiger partial charge in [-0.15, -0.1) is 0 Å². The van der Waals surface area contributed by atoms with Crippen molar-refractivity contribution in [3.63, 3.8) is 0 Å². The number of H-pyrrole nitrogens is 1. The number of nitrogens with zero attached hydrogens (tertiary/aromatic N) is 1. The van der Waals surface area contributed by atoms with Crippen LogP contribution >= 0.6 is 0 Å². The molecule has 1 aromatic heterocycles. The molecule has 0 radical (unpaired) electrons. The van der Waals surface area contributed by atoms with Gasteiger partial charge in [-0.3, -0.25) is 9.89 Å². The van der Waals surface area contributed by atoms with Crippen LogP contribution in [-0.2, 0) is 0 Å². The summed E-state index contributed by atoms with van der Waals surface area (Å²) in [7, 11) is 0. The van der Waals surface area contributed by atoms with E-state index >= 15 is 0 Å². The van der Waals surface area contributed by atoms with Gasteiger partial charge in [0, 0.05) is 12.7 Å². The van der Waals surface area contributed by atoms with Crippen molar-refractivity contribution in [2.24, 2.45) is 11.8 Å². The van der Waals surface area contributed by atoms with Crippen LogP contribution in [0.4, 0.5) is 4.39 Å². The fourth-order valence-electron chi connectivity index (χ4n) is 3.34. The standard InChI is InChI=1S/C19H24FN3O2/c20-17-3-1-2-4-18(17)25-10-9-14-5-7-15(8-6-14)11-21-19(24)16-12-22-23-13-16/h1-4,12-15H,5-11H2,(H,21,24)(H,22,23). The van der Waals surface area contributed by atoms with Gasteiger partial charge in [0.2, 0.25) is 0 Å². The van der Waals surface area contributed by atoms with Crippen molar-refractivity contribution >= 4 is 5.91 Å². The van der Waals surface area contributed by atoms with Crippen LogP contribution in [0.15, 0.2) is 36.7 Å². The highest BCUT2D eigenvalue weighted by atomic mass is 19.1. The van der Waals surface area contributed by atoms with Gasteiger partial charge in [-0.25, -0.2) is 4.39 Å². The average molecular weight is 345 g/mol. The van der Waals surface area contributed by atoms with Gasteiger partial charge in [0.25, 0.3) is 5.91 Å². The summed E-state index contributed by atoms with van der Waals surface area (Å²) in [6, 6.07) is 6.52. The Morgan fingerprint density at radius 1 is 1.24 bits per heavy atom. The highest BCUT2D eigenvalue weighted by Crippen LogP contribution is 2.30. The number of carbonyl (C=O) groups excluding carboxylic acids is 1. The summed E-state index contributed by atoms with van der Waals surface area (Å²) in [6.07, 6.45) is 8.55. The predicted octanol–water partition coefficient (Wildman–Crippen LogP) is 3.55. The second-order valence-corrected chi connectivity index (χ2v) is 6.65. The number of para-hydroxylation sites is 1. The summed E-state index contributed by atoms with van der Waals surface area (Å²) >= 11 is 0. The Morgan fingerprint density at radius 3 is 2.72 bits per heavy atom. The number of amides is 1.